The predicted octanol–water partition coefficient (Wildman–Crippen LogP) is 10.6. The third-order valence-electron chi connectivity index (χ3n) is 21.0. The van der Waals surface area contributed by atoms with Crippen molar-refractivity contribution in [2.75, 3.05) is 65.9 Å². The van der Waals surface area contributed by atoms with Crippen LogP contribution in [0.3, 0.4) is 0 Å². The second-order valence-electron chi connectivity index (χ2n) is 34.4. The number of hydrogen-bond donors (Lipinski definition) is 9. The Bertz CT molecular complexity index is 4320. The number of ether oxygens (including phenoxy) is 9. The van der Waals surface area contributed by atoms with Crippen molar-refractivity contribution < 1.29 is 125 Å². The van der Waals surface area contributed by atoms with Crippen molar-refractivity contribution >= 4 is 115 Å². The maximum absolute atomic E-state index is 14.2. The standard InChI is InChI=1S/C57H72BrN3O13.C34H50BrN3O13/c1-52(2,3)74-50(68)56(9,58)39-54(6,7)55(8,38-53(4,5)48(66)71-33-32-62)49(67)72-35-34-70-46(64)36-59-47(65)44(60-51(69)73-37-40-22-14-10-15-23-40)30-31-45(63)61-57(41-24-16-11-17-25-41,42-26-18-12-19-27-42)43-28-20-13-21-29-43;1-31(2,28(45)49-15-14-39)20-33(5,32(3,4)21-34(6,35)27(43)44)29(46)50-17-16-48-25(41)18-37-26(42)23(12-13-24(36)40)38-30(47)51-19-22-10-8-7-9-11-22/h10-29,44,62H,30-39H2,1-9H3,(H,59,65)(H,60,69)(H,61,63);7-11,23,39H,12-21H2,1-6H3,(H2,36,40)(H,37,42)(H,38,47)(H,43,44)/t44-,55?,56?;23-,33?,34?/m00/s1. The Morgan fingerprint density at radius 2 is 0.712 bits per heavy atom. The molecule has 6 amide bonds. The largest absolute Gasteiger partial charge is 0.480 e. The molecule has 686 valence electrons. The number of nitrogens with two attached hydrogens (primary N) is 1. The molecule has 6 atom stereocenters. The average Bonchev–Trinajstić information content (AvgIpc) is 0.764. The molecule has 5 aromatic carbocycles. The number of halogens is 2. The summed E-state index contributed by atoms with van der Waals surface area (Å²) in [7, 11) is 0. The number of primary amides is 1. The van der Waals surface area contributed by atoms with Crippen molar-refractivity contribution in [2.45, 2.75) is 200 Å². The fourth-order valence-corrected chi connectivity index (χ4v) is 15.4. The van der Waals surface area contributed by atoms with E-state index in [0.29, 0.717) is 11.1 Å². The van der Waals surface area contributed by atoms with Gasteiger partial charge < -0.3 is 90.3 Å². The van der Waals surface area contributed by atoms with Crippen LogP contribution in [0.2, 0.25) is 0 Å². The summed E-state index contributed by atoms with van der Waals surface area (Å²) in [6.45, 7) is 20.2. The number of rotatable bonds is 48. The van der Waals surface area contributed by atoms with E-state index in [2.05, 4.69) is 58.4 Å². The number of carboxylic acid groups (broad SMARTS) is 1. The molecule has 0 aliphatic carbocycles. The van der Waals surface area contributed by atoms with Crippen LogP contribution in [0.1, 0.15) is 183 Å². The number of nitrogens with one attached hydrogen (secondary N) is 5. The Morgan fingerprint density at radius 1 is 0.392 bits per heavy atom. The first-order valence-electron chi connectivity index (χ1n) is 40.7. The lowest BCUT2D eigenvalue weighted by molar-refractivity contribution is -0.175. The molecule has 0 aliphatic rings. The number of carbonyl (C=O) groups is 14. The van der Waals surface area contributed by atoms with Gasteiger partial charge in [-0.15, -0.1) is 0 Å². The Morgan fingerprint density at radius 3 is 1.04 bits per heavy atom. The van der Waals surface area contributed by atoms with Crippen molar-refractivity contribution in [2.24, 2.45) is 38.2 Å². The van der Waals surface area contributed by atoms with E-state index in [0.717, 1.165) is 16.7 Å². The summed E-state index contributed by atoms with van der Waals surface area (Å²) < 4.78 is 45.5. The third kappa shape index (κ3) is 33.9. The summed E-state index contributed by atoms with van der Waals surface area (Å²) in [4.78, 5) is 182. The van der Waals surface area contributed by atoms with Gasteiger partial charge >= 0.3 is 59.9 Å². The van der Waals surface area contributed by atoms with Crippen LogP contribution in [0.4, 0.5) is 9.59 Å². The molecule has 5 aromatic rings. The van der Waals surface area contributed by atoms with Gasteiger partial charge in [0.25, 0.3) is 0 Å². The van der Waals surface area contributed by atoms with Gasteiger partial charge in [-0.05, 0) is 153 Å². The van der Waals surface area contributed by atoms with Crippen molar-refractivity contribution in [3.05, 3.63) is 179 Å². The molecule has 0 radical (unpaired) electrons. The molecule has 32 nitrogen and oxygen atoms in total. The third-order valence-corrected chi connectivity index (χ3v) is 22.2. The molecule has 0 aromatic heterocycles. The lowest BCUT2D eigenvalue weighted by Crippen LogP contribution is -2.51. The molecule has 0 spiro atoms. The number of amides is 6. The summed E-state index contributed by atoms with van der Waals surface area (Å²) in [5.74, 6) is -9.20. The van der Waals surface area contributed by atoms with Crippen LogP contribution in [0.5, 0.6) is 0 Å². The fourth-order valence-electron chi connectivity index (χ4n) is 13.9. The van der Waals surface area contributed by atoms with Gasteiger partial charge in [0.2, 0.25) is 23.6 Å². The van der Waals surface area contributed by atoms with Crippen LogP contribution < -0.4 is 32.3 Å². The SMILES string of the molecule is CC(C)(C)OC(=O)C(C)(Br)CC(C)(C)C(C)(CC(C)(C)C(=O)OCCO)C(=O)OCCOC(=O)CNC(=O)[C@H](CCC(=O)NC(c1ccccc1)(c1ccccc1)c1ccccc1)NC(=O)OCc1ccccc1.CC(C)(CC(C)(C(=O)OCCOC(=O)CNC(=O)[C@H](CCC(N)=O)NC(=O)OCc1ccccc1)C(C)(C)CC(C)(Br)C(=O)O)C(=O)OCCO. The number of esters is 7. The number of carbonyl (C=O) groups excluding carboxylic acids is 13. The zero-order valence-electron chi connectivity index (χ0n) is 73.8. The molecule has 5 rings (SSSR count). The molecule has 4 unspecified atom stereocenters. The van der Waals surface area contributed by atoms with Crippen LogP contribution in [-0.4, -0.2) is 191 Å². The highest BCUT2D eigenvalue weighted by Gasteiger charge is 2.58. The van der Waals surface area contributed by atoms with Crippen molar-refractivity contribution in [1.82, 2.24) is 26.6 Å². The molecule has 0 aliphatic heterocycles. The molecular weight excluding hydrogens is 1750 g/mol. The highest BCUT2D eigenvalue weighted by Crippen LogP contribution is 2.55. The highest BCUT2D eigenvalue weighted by atomic mass is 79.9. The van der Waals surface area contributed by atoms with Crippen LogP contribution in [0.15, 0.2) is 152 Å². The zero-order chi connectivity index (χ0) is 93.8. The van der Waals surface area contributed by atoms with E-state index >= 15 is 0 Å². The monoisotopic (exact) mass is 1870 g/mol. The lowest BCUT2D eigenvalue weighted by Gasteiger charge is -2.47. The number of carboxylic acids is 1. The van der Waals surface area contributed by atoms with E-state index in [1.165, 1.54) is 6.92 Å². The van der Waals surface area contributed by atoms with E-state index < -0.39 is 201 Å². The van der Waals surface area contributed by atoms with Gasteiger partial charge in [-0.3, -0.25) is 57.5 Å². The maximum Gasteiger partial charge on any atom is 0.408 e. The Hall–Kier alpha value is -10.8. The fraction of sp³-hybridized carbons (Fsp3) is 0.516. The van der Waals surface area contributed by atoms with Crippen LogP contribution in [0.25, 0.3) is 0 Å². The van der Waals surface area contributed by atoms with E-state index in [1.807, 2.05) is 97.1 Å². The second kappa shape index (κ2) is 48.6. The smallest absolute Gasteiger partial charge is 0.408 e. The van der Waals surface area contributed by atoms with Crippen molar-refractivity contribution in [1.29, 1.82) is 0 Å². The molecule has 0 fully saturated rings. The van der Waals surface area contributed by atoms with Crippen LogP contribution in [0, 0.1) is 32.5 Å². The zero-order valence-corrected chi connectivity index (χ0v) is 77.0. The quantitative estimate of drug-likeness (QED) is 0.00574. The summed E-state index contributed by atoms with van der Waals surface area (Å²) in [5, 5.41) is 41.0. The molecule has 10 N–H and O–H groups in total. The molecule has 34 heteroatoms. The first kappa shape index (κ1) is 106. The predicted molar refractivity (Wildman–Crippen MR) is 466 cm³/mol. The second-order valence-corrected chi connectivity index (χ2v) is 37.9. The van der Waals surface area contributed by atoms with Crippen LogP contribution in [-0.2, 0) is 119 Å². The number of alkyl halides is 2. The van der Waals surface area contributed by atoms with Crippen molar-refractivity contribution in [3.63, 3.8) is 0 Å². The maximum atomic E-state index is 14.2. The first-order chi connectivity index (χ1) is 58.3. The number of hydrogen-bond acceptors (Lipinski definition) is 25. The summed E-state index contributed by atoms with van der Waals surface area (Å²) in [5.41, 5.74) is -0.646. The Kier molecular flexibility index (Phi) is 41.4. The van der Waals surface area contributed by atoms with Gasteiger partial charge in [0, 0.05) is 12.8 Å². The number of aliphatic hydroxyl groups is 2. The molecule has 125 heavy (non-hydrogen) atoms. The minimum absolute atomic E-state index is 0.0536. The minimum atomic E-state index is -1.48. The first-order valence-corrected chi connectivity index (χ1v) is 42.2. The molecule has 0 saturated heterocycles. The molecular formula is C91H122Br2N6O26. The number of aliphatic carboxylic acids is 1. The van der Waals surface area contributed by atoms with Gasteiger partial charge in [0.1, 0.15) is 97.8 Å². The van der Waals surface area contributed by atoms with Gasteiger partial charge in [-0.1, -0.05) is 211 Å². The normalized spacial score (nSPS) is 14.1. The number of alkyl carbamates (subject to hydrolysis) is 2. The van der Waals surface area contributed by atoms with E-state index in [9.17, 15) is 77.3 Å². The van der Waals surface area contributed by atoms with E-state index in [1.54, 1.807) is 152 Å². The Labute approximate surface area is 746 Å². The number of aliphatic hydroxyl groups excluding tert-OH is 2. The van der Waals surface area contributed by atoms with Gasteiger partial charge in [0.05, 0.1) is 34.9 Å². The van der Waals surface area contributed by atoms with E-state index in [-0.39, 0.29) is 77.8 Å². The van der Waals surface area contributed by atoms with Gasteiger partial charge in [-0.25, -0.2) is 9.59 Å². The molecule has 0 bridgehead atoms. The Balaban J connectivity index is 0.000000563. The molecule has 0 saturated carbocycles. The highest BCUT2D eigenvalue weighted by molar-refractivity contribution is 9.10. The summed E-state index contributed by atoms with van der Waals surface area (Å²) in [6.07, 6.45) is -2.96. The summed E-state index contributed by atoms with van der Waals surface area (Å²) >= 11 is 6.75. The van der Waals surface area contributed by atoms with Crippen LogP contribution >= 0.6 is 31.9 Å². The lowest BCUT2D eigenvalue weighted by atomic mass is 9.57. The summed E-state index contributed by atoms with van der Waals surface area (Å²) in [6, 6.07) is 43.5. The van der Waals surface area contributed by atoms with Crippen molar-refractivity contribution in [3.8, 4) is 0 Å². The average molecular weight is 1880 g/mol. The minimum Gasteiger partial charge on any atom is -0.480 e. The van der Waals surface area contributed by atoms with E-state index in [4.69, 9.17) is 53.5 Å². The topological polar surface area (TPSA) is 469 Å². The van der Waals surface area contributed by atoms with Gasteiger partial charge in [0.15, 0.2) is 0 Å². The number of benzene rings is 5. The molecule has 0 heterocycles. The van der Waals surface area contributed by atoms with Gasteiger partial charge in [-0.2, -0.15) is 0 Å².